The molecule has 2 heterocycles. The number of halogens is 2. The monoisotopic (exact) mass is 436 g/mol. The average molecular weight is 437 g/mol. The Morgan fingerprint density at radius 1 is 0.875 bits per heavy atom. The lowest BCUT2D eigenvalue weighted by Gasteiger charge is -2.29. The first kappa shape index (κ1) is 22.5. The molecular formula is C27H30F2N2O. The molecule has 0 amide bonds. The van der Waals surface area contributed by atoms with Crippen molar-refractivity contribution >= 4 is 0 Å². The zero-order valence-corrected chi connectivity index (χ0v) is 18.8. The molecule has 1 aliphatic heterocycles. The molecule has 32 heavy (non-hydrogen) atoms. The minimum Gasteiger partial charge on any atom is -0.378 e. The minimum atomic E-state index is -0.894. The molecule has 2 aromatic carbocycles. The van der Waals surface area contributed by atoms with Crippen molar-refractivity contribution in [2.45, 2.75) is 64.4 Å². The Labute approximate surface area is 188 Å². The maximum absolute atomic E-state index is 14.9. The topological polar surface area (TPSA) is 35.0 Å². The standard InChI is InChI=1S/C27H30F2N2O/c1-3-5-18-7-9-19(10-8-18)21-15-30-27(31-16-21)24-14-13-23(25(28)26(24)29)20-11-12-22(6-4-2)32-17-20/h7-10,13-16,20,22H,3-6,11-12,17H2,1-2H3. The highest BCUT2D eigenvalue weighted by Gasteiger charge is 2.27. The summed E-state index contributed by atoms with van der Waals surface area (Å²) in [5.74, 6) is -1.65. The Morgan fingerprint density at radius 3 is 2.25 bits per heavy atom. The molecule has 168 valence electrons. The third kappa shape index (κ3) is 4.88. The van der Waals surface area contributed by atoms with Crippen LogP contribution in [0, 0.1) is 11.6 Å². The van der Waals surface area contributed by atoms with Crippen molar-refractivity contribution < 1.29 is 13.5 Å². The maximum Gasteiger partial charge on any atom is 0.170 e. The molecule has 1 saturated heterocycles. The van der Waals surface area contributed by atoms with Crippen LogP contribution in [0.2, 0.25) is 0 Å². The van der Waals surface area contributed by atoms with Gasteiger partial charge in [0.2, 0.25) is 0 Å². The summed E-state index contributed by atoms with van der Waals surface area (Å²) in [5, 5.41) is 0. The van der Waals surface area contributed by atoms with Crippen LogP contribution in [0.1, 0.15) is 63.0 Å². The van der Waals surface area contributed by atoms with E-state index >= 15 is 0 Å². The quantitative estimate of drug-likeness (QED) is 0.396. The first-order valence-electron chi connectivity index (χ1n) is 11.6. The van der Waals surface area contributed by atoms with Crippen LogP contribution >= 0.6 is 0 Å². The molecule has 1 fully saturated rings. The number of aryl methyl sites for hydroxylation is 1. The van der Waals surface area contributed by atoms with Gasteiger partial charge in [0.05, 0.1) is 18.3 Å². The number of hydrogen-bond donors (Lipinski definition) is 0. The smallest absolute Gasteiger partial charge is 0.170 e. The summed E-state index contributed by atoms with van der Waals surface area (Å²) >= 11 is 0. The van der Waals surface area contributed by atoms with Crippen LogP contribution in [-0.2, 0) is 11.2 Å². The van der Waals surface area contributed by atoms with Gasteiger partial charge in [0.1, 0.15) is 0 Å². The second-order valence-corrected chi connectivity index (χ2v) is 8.59. The summed E-state index contributed by atoms with van der Waals surface area (Å²) in [6, 6.07) is 11.5. The van der Waals surface area contributed by atoms with E-state index in [1.165, 1.54) is 5.56 Å². The van der Waals surface area contributed by atoms with Gasteiger partial charge in [-0.3, -0.25) is 0 Å². The first-order valence-corrected chi connectivity index (χ1v) is 11.6. The second-order valence-electron chi connectivity index (χ2n) is 8.59. The Kier molecular flexibility index (Phi) is 7.26. The lowest BCUT2D eigenvalue weighted by Crippen LogP contribution is -2.25. The van der Waals surface area contributed by atoms with E-state index < -0.39 is 11.6 Å². The third-order valence-electron chi connectivity index (χ3n) is 6.25. The minimum absolute atomic E-state index is 0.0803. The fraction of sp³-hybridized carbons (Fsp3) is 0.407. The van der Waals surface area contributed by atoms with Gasteiger partial charge in [-0.05, 0) is 48.4 Å². The number of hydrogen-bond acceptors (Lipinski definition) is 3. The molecule has 5 heteroatoms. The van der Waals surface area contributed by atoms with Gasteiger partial charge in [-0.15, -0.1) is 0 Å². The summed E-state index contributed by atoms with van der Waals surface area (Å²) in [5.41, 5.74) is 3.59. The zero-order valence-electron chi connectivity index (χ0n) is 18.8. The Morgan fingerprint density at radius 2 is 1.62 bits per heavy atom. The molecule has 0 saturated carbocycles. The van der Waals surface area contributed by atoms with Crippen molar-refractivity contribution in [3.63, 3.8) is 0 Å². The summed E-state index contributed by atoms with van der Waals surface area (Å²) in [6.07, 6.45) is 9.46. The summed E-state index contributed by atoms with van der Waals surface area (Å²) in [4.78, 5) is 8.63. The third-order valence-corrected chi connectivity index (χ3v) is 6.25. The van der Waals surface area contributed by atoms with E-state index in [0.717, 1.165) is 49.7 Å². The molecule has 3 aromatic rings. The van der Waals surface area contributed by atoms with Gasteiger partial charge in [0, 0.05) is 23.9 Å². The SMILES string of the molecule is CCCc1ccc(-c2cnc(-c3ccc(C4CCC(CCC)OC4)c(F)c3F)nc2)cc1. The molecule has 2 atom stereocenters. The lowest BCUT2D eigenvalue weighted by molar-refractivity contribution is -0.00181. The van der Waals surface area contributed by atoms with Gasteiger partial charge < -0.3 is 4.74 Å². The number of rotatable bonds is 7. The fourth-order valence-electron chi connectivity index (χ4n) is 4.42. The largest absolute Gasteiger partial charge is 0.378 e. The van der Waals surface area contributed by atoms with Crippen LogP contribution in [0.4, 0.5) is 8.78 Å². The van der Waals surface area contributed by atoms with E-state index in [1.54, 1.807) is 24.5 Å². The van der Waals surface area contributed by atoms with Crippen LogP contribution in [0.3, 0.4) is 0 Å². The highest BCUT2D eigenvalue weighted by Crippen LogP contribution is 2.34. The predicted octanol–water partition coefficient (Wildman–Crippen LogP) is 7.10. The molecule has 4 rings (SSSR count). The average Bonchev–Trinajstić information content (AvgIpc) is 2.83. The van der Waals surface area contributed by atoms with Crippen molar-refractivity contribution in [2.24, 2.45) is 0 Å². The van der Waals surface area contributed by atoms with Crippen molar-refractivity contribution in [1.29, 1.82) is 0 Å². The van der Waals surface area contributed by atoms with Crippen molar-refractivity contribution in [1.82, 2.24) is 9.97 Å². The van der Waals surface area contributed by atoms with Gasteiger partial charge >= 0.3 is 0 Å². The fourth-order valence-corrected chi connectivity index (χ4v) is 4.42. The highest BCUT2D eigenvalue weighted by atomic mass is 19.2. The highest BCUT2D eigenvalue weighted by molar-refractivity contribution is 5.64. The van der Waals surface area contributed by atoms with E-state index in [9.17, 15) is 8.78 Å². The first-order chi connectivity index (χ1) is 15.6. The van der Waals surface area contributed by atoms with Crippen LogP contribution in [0.5, 0.6) is 0 Å². The summed E-state index contributed by atoms with van der Waals surface area (Å²) in [7, 11) is 0. The van der Waals surface area contributed by atoms with Gasteiger partial charge in [-0.1, -0.05) is 57.0 Å². The van der Waals surface area contributed by atoms with Crippen LogP contribution in [0.25, 0.3) is 22.5 Å². The normalized spacial score (nSPS) is 18.6. The van der Waals surface area contributed by atoms with E-state index in [1.807, 2.05) is 12.1 Å². The second kappa shape index (κ2) is 10.3. The summed E-state index contributed by atoms with van der Waals surface area (Å²) in [6.45, 7) is 4.71. The van der Waals surface area contributed by atoms with Crippen molar-refractivity contribution in [3.05, 3.63) is 71.6 Å². The molecule has 2 unspecified atom stereocenters. The maximum atomic E-state index is 14.9. The zero-order chi connectivity index (χ0) is 22.5. The van der Waals surface area contributed by atoms with E-state index in [4.69, 9.17) is 4.74 Å². The molecular weight excluding hydrogens is 406 g/mol. The van der Waals surface area contributed by atoms with Gasteiger partial charge in [0.25, 0.3) is 0 Å². The van der Waals surface area contributed by atoms with Gasteiger partial charge in [0.15, 0.2) is 17.5 Å². The molecule has 0 aliphatic carbocycles. The molecule has 1 aliphatic rings. The number of nitrogens with zero attached hydrogens (tertiary/aromatic N) is 2. The van der Waals surface area contributed by atoms with Crippen LogP contribution in [0.15, 0.2) is 48.8 Å². The summed E-state index contributed by atoms with van der Waals surface area (Å²) < 4.78 is 35.7. The Hall–Kier alpha value is -2.66. The van der Waals surface area contributed by atoms with Crippen molar-refractivity contribution in [2.75, 3.05) is 6.61 Å². The van der Waals surface area contributed by atoms with Crippen LogP contribution in [-0.4, -0.2) is 22.7 Å². The van der Waals surface area contributed by atoms with E-state index in [2.05, 4.69) is 35.9 Å². The molecule has 3 nitrogen and oxygen atoms in total. The lowest BCUT2D eigenvalue weighted by atomic mass is 9.89. The molecule has 0 N–H and O–H groups in total. The number of ether oxygens (including phenoxy) is 1. The predicted molar refractivity (Wildman–Crippen MR) is 123 cm³/mol. The molecule has 0 spiro atoms. The molecule has 1 aromatic heterocycles. The Balaban J connectivity index is 1.51. The number of aromatic nitrogens is 2. The van der Waals surface area contributed by atoms with Crippen LogP contribution < -0.4 is 0 Å². The molecule has 0 bridgehead atoms. The Bertz CT molecular complexity index is 1030. The van der Waals surface area contributed by atoms with E-state index in [-0.39, 0.29) is 23.4 Å². The van der Waals surface area contributed by atoms with Gasteiger partial charge in [-0.2, -0.15) is 0 Å². The van der Waals surface area contributed by atoms with E-state index in [0.29, 0.717) is 12.2 Å². The van der Waals surface area contributed by atoms with Gasteiger partial charge in [-0.25, -0.2) is 18.7 Å². The molecule has 0 radical (unpaired) electrons. The van der Waals surface area contributed by atoms with Crippen molar-refractivity contribution in [3.8, 4) is 22.5 Å². The number of benzene rings is 2.